The molecule has 0 amide bonds. The van der Waals surface area contributed by atoms with Crippen LogP contribution in [0.25, 0.3) is 0 Å². The molecule has 0 spiro atoms. The first-order valence-electron chi connectivity index (χ1n) is 8.93. The normalized spacial score (nSPS) is 34.4. The molecular formula is C19H24FNO2S. The SMILES string of the molecule is C[C@]12CCC3c4ccc(OCNSF)cc4CCC3C1CCC2=O. The summed E-state index contributed by atoms with van der Waals surface area (Å²) in [6.07, 6.45) is 6.25. The molecule has 0 saturated heterocycles. The first kappa shape index (κ1) is 16.4. The molecule has 24 heavy (non-hydrogen) atoms. The van der Waals surface area contributed by atoms with Crippen molar-refractivity contribution in [3.8, 4) is 5.75 Å². The minimum absolute atomic E-state index is 0.0581. The van der Waals surface area contributed by atoms with Gasteiger partial charge in [-0.25, -0.2) is 4.72 Å². The van der Waals surface area contributed by atoms with E-state index in [-0.39, 0.29) is 24.5 Å². The molecule has 3 aliphatic rings. The summed E-state index contributed by atoms with van der Waals surface area (Å²) in [5, 5.41) is 0. The van der Waals surface area contributed by atoms with Gasteiger partial charge in [0.2, 0.25) is 0 Å². The van der Waals surface area contributed by atoms with Crippen molar-refractivity contribution in [3.05, 3.63) is 29.3 Å². The number of fused-ring (bicyclic) bond motifs is 5. The summed E-state index contributed by atoms with van der Waals surface area (Å²) >= 11 is 0.0706. The van der Waals surface area contributed by atoms with Crippen LogP contribution in [0.15, 0.2) is 18.2 Å². The van der Waals surface area contributed by atoms with Crippen molar-refractivity contribution >= 4 is 18.1 Å². The van der Waals surface area contributed by atoms with Gasteiger partial charge in [0, 0.05) is 11.8 Å². The van der Waals surface area contributed by atoms with Gasteiger partial charge < -0.3 is 4.74 Å². The molecule has 2 saturated carbocycles. The van der Waals surface area contributed by atoms with Crippen molar-refractivity contribution in [2.45, 2.75) is 51.4 Å². The molecule has 3 unspecified atom stereocenters. The fourth-order valence-corrected chi connectivity index (χ4v) is 5.66. The zero-order chi connectivity index (χ0) is 16.7. The molecule has 3 aliphatic carbocycles. The van der Waals surface area contributed by atoms with E-state index in [4.69, 9.17) is 4.74 Å². The Bertz CT molecular complexity index is 652. The molecule has 0 heterocycles. The number of ether oxygens (including phenoxy) is 1. The van der Waals surface area contributed by atoms with E-state index in [0.29, 0.717) is 23.5 Å². The fourth-order valence-electron chi connectivity index (χ4n) is 5.55. The number of Topliss-reactive ketones (excluding diaryl/α,β-unsaturated/α-hetero) is 1. The van der Waals surface area contributed by atoms with E-state index in [9.17, 15) is 8.68 Å². The van der Waals surface area contributed by atoms with Gasteiger partial charge in [0.25, 0.3) is 0 Å². The zero-order valence-corrected chi connectivity index (χ0v) is 14.8. The van der Waals surface area contributed by atoms with Gasteiger partial charge in [0.15, 0.2) is 0 Å². The number of nitrogens with one attached hydrogen (secondary N) is 1. The van der Waals surface area contributed by atoms with Gasteiger partial charge in [-0.15, -0.1) is 3.89 Å². The van der Waals surface area contributed by atoms with Crippen LogP contribution in [0, 0.1) is 17.3 Å². The molecule has 1 aromatic carbocycles. The van der Waals surface area contributed by atoms with Gasteiger partial charge in [-0.3, -0.25) is 4.79 Å². The van der Waals surface area contributed by atoms with E-state index in [1.165, 1.54) is 17.5 Å². The lowest BCUT2D eigenvalue weighted by atomic mass is 9.55. The Morgan fingerprint density at radius 2 is 2.21 bits per heavy atom. The Morgan fingerprint density at radius 1 is 1.33 bits per heavy atom. The maximum Gasteiger partial charge on any atom is 0.150 e. The predicted molar refractivity (Wildman–Crippen MR) is 93.4 cm³/mol. The average molecular weight is 349 g/mol. The van der Waals surface area contributed by atoms with Crippen molar-refractivity contribution < 1.29 is 13.4 Å². The van der Waals surface area contributed by atoms with Crippen LogP contribution in [0.5, 0.6) is 5.75 Å². The molecule has 4 rings (SSSR count). The molecule has 5 heteroatoms. The van der Waals surface area contributed by atoms with E-state index >= 15 is 0 Å². The number of ketones is 1. The van der Waals surface area contributed by atoms with E-state index < -0.39 is 0 Å². The van der Waals surface area contributed by atoms with Crippen molar-refractivity contribution in [1.82, 2.24) is 4.72 Å². The maximum absolute atomic E-state index is 12.4. The Hall–Kier alpha value is -1.07. The van der Waals surface area contributed by atoms with Crippen LogP contribution in [0.1, 0.15) is 56.1 Å². The number of rotatable bonds is 4. The summed E-state index contributed by atoms with van der Waals surface area (Å²) in [7, 11) is 0. The van der Waals surface area contributed by atoms with Gasteiger partial charge in [-0.2, -0.15) is 0 Å². The molecule has 1 N–H and O–H groups in total. The van der Waals surface area contributed by atoms with Crippen LogP contribution < -0.4 is 9.46 Å². The second-order valence-electron chi connectivity index (χ2n) is 7.70. The molecule has 3 nitrogen and oxygen atoms in total. The largest absolute Gasteiger partial charge is 0.477 e. The van der Waals surface area contributed by atoms with Gasteiger partial charge in [0.05, 0.1) is 0 Å². The highest BCUT2D eigenvalue weighted by Gasteiger charge is 2.54. The Labute approximate surface area is 147 Å². The van der Waals surface area contributed by atoms with Crippen molar-refractivity contribution in [2.75, 3.05) is 6.73 Å². The number of aryl methyl sites for hydroxylation is 1. The second kappa shape index (κ2) is 6.34. The number of carbonyl (C=O) groups is 1. The molecule has 4 atom stereocenters. The van der Waals surface area contributed by atoms with Gasteiger partial charge in [-0.1, -0.05) is 13.0 Å². The summed E-state index contributed by atoms with van der Waals surface area (Å²) in [5.41, 5.74) is 2.76. The average Bonchev–Trinajstić information content (AvgIpc) is 2.90. The number of halogens is 1. The van der Waals surface area contributed by atoms with Crippen molar-refractivity contribution in [3.63, 3.8) is 0 Å². The van der Waals surface area contributed by atoms with E-state index in [1.807, 2.05) is 6.07 Å². The number of carbonyl (C=O) groups excluding carboxylic acids is 1. The first-order valence-corrected chi connectivity index (χ1v) is 9.64. The maximum atomic E-state index is 12.4. The van der Waals surface area contributed by atoms with Crippen LogP contribution >= 0.6 is 12.3 Å². The third-order valence-electron chi connectivity index (χ3n) is 6.76. The zero-order valence-electron chi connectivity index (χ0n) is 14.0. The molecular weight excluding hydrogens is 325 g/mol. The molecule has 0 radical (unpaired) electrons. The fraction of sp³-hybridized carbons (Fsp3) is 0.632. The molecule has 0 aliphatic heterocycles. The highest BCUT2D eigenvalue weighted by molar-refractivity contribution is 7.92. The number of hydrogen-bond acceptors (Lipinski definition) is 4. The summed E-state index contributed by atoms with van der Waals surface area (Å²) in [6, 6.07) is 6.31. The predicted octanol–water partition coefficient (Wildman–Crippen LogP) is 4.57. The van der Waals surface area contributed by atoms with Crippen LogP contribution in [-0.2, 0) is 11.2 Å². The third-order valence-corrected chi connectivity index (χ3v) is 6.99. The number of hydrogen-bond donors (Lipinski definition) is 1. The summed E-state index contributed by atoms with van der Waals surface area (Å²) in [5.74, 6) is 3.10. The Balaban J connectivity index is 1.56. The topological polar surface area (TPSA) is 38.3 Å². The highest BCUT2D eigenvalue weighted by atomic mass is 32.2. The van der Waals surface area contributed by atoms with Crippen LogP contribution in [0.2, 0.25) is 0 Å². The van der Waals surface area contributed by atoms with Crippen molar-refractivity contribution in [1.29, 1.82) is 0 Å². The number of benzene rings is 1. The smallest absolute Gasteiger partial charge is 0.150 e. The minimum atomic E-state index is -0.0581. The lowest BCUT2D eigenvalue weighted by molar-refractivity contribution is -0.129. The lowest BCUT2D eigenvalue weighted by Gasteiger charge is -2.48. The first-order chi connectivity index (χ1) is 11.6. The van der Waals surface area contributed by atoms with E-state index in [2.05, 4.69) is 23.8 Å². The molecule has 130 valence electrons. The van der Waals surface area contributed by atoms with Crippen molar-refractivity contribution in [2.24, 2.45) is 17.3 Å². The Kier molecular flexibility index (Phi) is 4.33. The second-order valence-corrected chi connectivity index (χ2v) is 8.15. The lowest BCUT2D eigenvalue weighted by Crippen LogP contribution is -2.42. The van der Waals surface area contributed by atoms with Crippen LogP contribution in [0.4, 0.5) is 3.89 Å². The summed E-state index contributed by atoms with van der Waals surface area (Å²) in [4.78, 5) is 12.4. The highest BCUT2D eigenvalue weighted by Crippen LogP contribution is 2.59. The standard InChI is InChI=1S/C19H24FNO2S/c1-19-9-8-15-14-5-3-13(23-11-21-24-20)10-12(14)2-4-16(15)17(19)6-7-18(19)22/h3,5,10,15-17,21H,2,4,6-9,11H2,1H3/t15?,16?,17?,19-/m0/s1. The molecule has 1 aromatic rings. The quantitative estimate of drug-likeness (QED) is 0.491. The monoisotopic (exact) mass is 349 g/mol. The van der Waals surface area contributed by atoms with Crippen LogP contribution in [0.3, 0.4) is 0 Å². The van der Waals surface area contributed by atoms with E-state index in [0.717, 1.165) is 37.9 Å². The Morgan fingerprint density at radius 3 is 3.04 bits per heavy atom. The summed E-state index contributed by atoms with van der Waals surface area (Å²) < 4.78 is 20.0. The van der Waals surface area contributed by atoms with Gasteiger partial charge in [-0.05, 0) is 73.1 Å². The molecule has 0 aromatic heterocycles. The molecule has 0 bridgehead atoms. The minimum Gasteiger partial charge on any atom is -0.477 e. The van der Waals surface area contributed by atoms with Gasteiger partial charge in [0.1, 0.15) is 30.6 Å². The van der Waals surface area contributed by atoms with Crippen LogP contribution in [-0.4, -0.2) is 12.5 Å². The van der Waals surface area contributed by atoms with E-state index in [1.54, 1.807) is 0 Å². The van der Waals surface area contributed by atoms with Gasteiger partial charge >= 0.3 is 0 Å². The summed E-state index contributed by atoms with van der Waals surface area (Å²) in [6.45, 7) is 2.38. The third kappa shape index (κ3) is 2.57. The molecule has 2 fully saturated rings.